The van der Waals surface area contributed by atoms with E-state index in [0.717, 1.165) is 12.5 Å². The molecule has 1 aromatic carbocycles. The van der Waals surface area contributed by atoms with E-state index in [-0.39, 0.29) is 17.2 Å². The number of esters is 1. The molecule has 0 fully saturated rings. The van der Waals surface area contributed by atoms with E-state index in [1.54, 1.807) is 25.5 Å². The summed E-state index contributed by atoms with van der Waals surface area (Å²) < 4.78 is 25.8. The Labute approximate surface area is 185 Å². The van der Waals surface area contributed by atoms with Crippen LogP contribution in [0.5, 0.6) is 0 Å². The number of hydrogen-bond acceptors (Lipinski definition) is 6. The predicted molar refractivity (Wildman–Crippen MR) is 114 cm³/mol. The molecule has 0 aliphatic carbocycles. The number of nitrogens with zero attached hydrogens (tertiary/aromatic N) is 2. The van der Waals surface area contributed by atoms with Crippen LogP contribution in [-0.2, 0) is 22.4 Å². The number of rotatable bonds is 5. The van der Waals surface area contributed by atoms with Gasteiger partial charge in [0.15, 0.2) is 0 Å². The van der Waals surface area contributed by atoms with E-state index in [4.69, 9.17) is 4.74 Å². The Balaban J connectivity index is 1.68. The van der Waals surface area contributed by atoms with Crippen LogP contribution >= 0.6 is 0 Å². The third-order valence-corrected chi connectivity index (χ3v) is 4.99. The summed E-state index contributed by atoms with van der Waals surface area (Å²) in [5.74, 6) is -1.75. The monoisotopic (exact) mass is 446 g/mol. The van der Waals surface area contributed by atoms with E-state index in [1.807, 2.05) is 0 Å². The second-order valence-electron chi connectivity index (χ2n) is 8.61. The Morgan fingerprint density at radius 2 is 2.03 bits per heavy atom. The highest BCUT2D eigenvalue weighted by Gasteiger charge is 2.27. The van der Waals surface area contributed by atoms with Crippen molar-refractivity contribution >= 4 is 23.7 Å². The molecule has 2 heterocycles. The first-order valence-electron chi connectivity index (χ1n) is 10.3. The molecular formula is C22H27FN4O5. The van der Waals surface area contributed by atoms with Gasteiger partial charge in [-0.1, -0.05) is 0 Å². The zero-order valence-corrected chi connectivity index (χ0v) is 18.5. The zero-order chi connectivity index (χ0) is 23.5. The first kappa shape index (κ1) is 23.2. The maximum Gasteiger partial charge on any atom is 0.407 e. The van der Waals surface area contributed by atoms with Gasteiger partial charge in [0.25, 0.3) is 5.91 Å². The number of carbonyl (C=O) groups is 3. The first-order valence-corrected chi connectivity index (χ1v) is 10.3. The highest BCUT2D eigenvalue weighted by atomic mass is 19.1. The minimum Gasteiger partial charge on any atom is -0.465 e. The molecule has 2 N–H and O–H groups in total. The molecular weight excluding hydrogens is 419 g/mol. The molecule has 0 radical (unpaired) electrons. The maximum atomic E-state index is 14.2. The van der Waals surface area contributed by atoms with E-state index < -0.39 is 29.4 Å². The van der Waals surface area contributed by atoms with Gasteiger partial charge in [0.05, 0.1) is 35.8 Å². The lowest BCUT2D eigenvalue weighted by Gasteiger charge is -2.25. The van der Waals surface area contributed by atoms with E-state index in [9.17, 15) is 18.8 Å². The summed E-state index contributed by atoms with van der Waals surface area (Å²) in [5, 5.41) is 9.53. The van der Waals surface area contributed by atoms with Gasteiger partial charge in [0.1, 0.15) is 11.4 Å². The normalized spacial score (nSPS) is 15.5. The van der Waals surface area contributed by atoms with Gasteiger partial charge < -0.3 is 20.1 Å². The van der Waals surface area contributed by atoms with Crippen molar-refractivity contribution in [2.24, 2.45) is 5.92 Å². The van der Waals surface area contributed by atoms with Crippen LogP contribution in [0, 0.1) is 11.7 Å². The van der Waals surface area contributed by atoms with Gasteiger partial charge in [-0.25, -0.2) is 14.0 Å². The van der Waals surface area contributed by atoms with Crippen LogP contribution in [0.3, 0.4) is 0 Å². The van der Waals surface area contributed by atoms with Crippen LogP contribution in [0.2, 0.25) is 0 Å². The molecule has 32 heavy (non-hydrogen) atoms. The van der Waals surface area contributed by atoms with Crippen molar-refractivity contribution in [3.8, 4) is 0 Å². The van der Waals surface area contributed by atoms with Crippen LogP contribution in [0.4, 0.5) is 14.9 Å². The largest absolute Gasteiger partial charge is 0.465 e. The second kappa shape index (κ2) is 9.37. The molecule has 10 heteroatoms. The number of fused-ring (bicyclic) bond motifs is 1. The van der Waals surface area contributed by atoms with Crippen molar-refractivity contribution in [3.63, 3.8) is 0 Å². The number of ether oxygens (including phenoxy) is 2. The molecule has 1 aromatic heterocycles. The number of methoxy groups -OCH3 is 1. The highest BCUT2D eigenvalue weighted by molar-refractivity contribution is 6.05. The summed E-state index contributed by atoms with van der Waals surface area (Å²) in [6.45, 7) is 6.37. The Hall–Kier alpha value is -3.43. The number of carbonyl (C=O) groups excluding carboxylic acids is 3. The molecule has 1 unspecified atom stereocenters. The first-order chi connectivity index (χ1) is 15.1. The van der Waals surface area contributed by atoms with Gasteiger partial charge in [0, 0.05) is 13.1 Å². The Morgan fingerprint density at radius 3 is 2.72 bits per heavy atom. The fraction of sp³-hybridized carbons (Fsp3) is 0.455. The quantitative estimate of drug-likeness (QED) is 0.683. The molecule has 2 aromatic rings. The van der Waals surface area contributed by atoms with Gasteiger partial charge >= 0.3 is 12.1 Å². The van der Waals surface area contributed by atoms with E-state index in [0.29, 0.717) is 30.8 Å². The Morgan fingerprint density at radius 1 is 1.28 bits per heavy atom. The number of aromatic nitrogens is 2. The summed E-state index contributed by atoms with van der Waals surface area (Å²) in [6.07, 6.45) is 2.25. The van der Waals surface area contributed by atoms with Gasteiger partial charge in [0.2, 0.25) is 0 Å². The number of alkyl carbamates (subject to hydrolysis) is 1. The molecule has 1 atom stereocenters. The fourth-order valence-electron chi connectivity index (χ4n) is 3.46. The van der Waals surface area contributed by atoms with Crippen molar-refractivity contribution in [2.75, 3.05) is 19.0 Å². The lowest BCUT2D eigenvalue weighted by Crippen LogP contribution is -2.37. The minimum absolute atomic E-state index is 0.0951. The van der Waals surface area contributed by atoms with Crippen LogP contribution < -0.4 is 10.6 Å². The topological polar surface area (TPSA) is 112 Å². The third-order valence-electron chi connectivity index (χ3n) is 4.99. The molecule has 3 rings (SSSR count). The molecule has 0 bridgehead atoms. The minimum atomic E-state index is -0.675. The summed E-state index contributed by atoms with van der Waals surface area (Å²) in [7, 11) is 1.22. The molecule has 172 valence electrons. The number of anilines is 1. The SMILES string of the molecule is COC(=O)c1ccc(F)c(NC(=O)c2cnn3c2CC(CNC(=O)OC(C)(C)C)CC3)c1. The van der Waals surface area contributed by atoms with Crippen molar-refractivity contribution in [1.29, 1.82) is 0 Å². The number of amides is 2. The molecule has 9 nitrogen and oxygen atoms in total. The predicted octanol–water partition coefficient (Wildman–Crippen LogP) is 3.15. The number of nitrogens with one attached hydrogen (secondary N) is 2. The lowest BCUT2D eigenvalue weighted by molar-refractivity contribution is 0.0515. The molecule has 0 spiro atoms. The maximum absolute atomic E-state index is 14.2. The average Bonchev–Trinajstić information content (AvgIpc) is 3.15. The van der Waals surface area contributed by atoms with Crippen LogP contribution in [0.1, 0.15) is 53.6 Å². The molecule has 2 amide bonds. The zero-order valence-electron chi connectivity index (χ0n) is 18.5. The molecule has 1 aliphatic heterocycles. The summed E-state index contributed by atoms with van der Waals surface area (Å²) >= 11 is 0. The fourth-order valence-corrected chi connectivity index (χ4v) is 3.46. The second-order valence-corrected chi connectivity index (χ2v) is 8.61. The molecule has 0 saturated carbocycles. The van der Waals surface area contributed by atoms with Gasteiger partial charge in [-0.3, -0.25) is 9.48 Å². The number of hydrogen-bond donors (Lipinski definition) is 2. The van der Waals surface area contributed by atoms with E-state index in [2.05, 4.69) is 20.5 Å². The average molecular weight is 446 g/mol. The highest BCUT2D eigenvalue weighted by Crippen LogP contribution is 2.24. The van der Waals surface area contributed by atoms with Crippen LogP contribution in [-0.4, -0.2) is 47.0 Å². The summed E-state index contributed by atoms with van der Waals surface area (Å²) in [4.78, 5) is 36.5. The van der Waals surface area contributed by atoms with Crippen LogP contribution in [0.15, 0.2) is 24.4 Å². The van der Waals surface area contributed by atoms with Gasteiger partial charge in [-0.2, -0.15) is 5.10 Å². The summed E-state index contributed by atoms with van der Waals surface area (Å²) in [5.41, 5.74) is 0.427. The van der Waals surface area contributed by atoms with Gasteiger partial charge in [-0.15, -0.1) is 0 Å². The Bertz CT molecular complexity index is 1030. The van der Waals surface area contributed by atoms with Crippen LogP contribution in [0.25, 0.3) is 0 Å². The van der Waals surface area contributed by atoms with E-state index in [1.165, 1.54) is 25.4 Å². The lowest BCUT2D eigenvalue weighted by atomic mass is 9.94. The van der Waals surface area contributed by atoms with Crippen molar-refractivity contribution < 1.29 is 28.2 Å². The molecule has 0 saturated heterocycles. The van der Waals surface area contributed by atoms with Crippen molar-refractivity contribution in [1.82, 2.24) is 15.1 Å². The van der Waals surface area contributed by atoms with E-state index >= 15 is 0 Å². The number of aryl methyl sites for hydroxylation is 1. The number of halogens is 1. The summed E-state index contributed by atoms with van der Waals surface area (Å²) in [6, 6.07) is 3.59. The van der Waals surface area contributed by atoms with Gasteiger partial charge in [-0.05, 0) is 57.7 Å². The number of benzene rings is 1. The standard InChI is InChI=1S/C22H27FN4O5/c1-22(2,3)32-21(30)24-11-13-7-8-27-18(9-13)15(12-25-27)19(28)26-17-10-14(20(29)31-4)5-6-16(17)23/h5-6,10,12-13H,7-9,11H2,1-4H3,(H,24,30)(H,26,28). The third kappa shape index (κ3) is 5.63. The van der Waals surface area contributed by atoms with Crippen molar-refractivity contribution in [2.45, 2.75) is 45.8 Å². The molecule has 1 aliphatic rings. The van der Waals surface area contributed by atoms with Crippen molar-refractivity contribution in [3.05, 3.63) is 47.0 Å². The smallest absolute Gasteiger partial charge is 0.407 e. The Kier molecular flexibility index (Phi) is 6.81.